The van der Waals surface area contributed by atoms with Gasteiger partial charge in [-0.15, -0.1) is 0 Å². The van der Waals surface area contributed by atoms with Gasteiger partial charge in [-0.1, -0.05) is 47.6 Å². The number of aliphatic imine (C=N–C) groups is 1. The Hall–Kier alpha value is -4.68. The molecule has 0 aliphatic carbocycles. The molecule has 5 rings (SSSR count). The highest BCUT2D eigenvalue weighted by Crippen LogP contribution is 2.39. The van der Waals surface area contributed by atoms with Gasteiger partial charge in [0.25, 0.3) is 5.91 Å². The summed E-state index contributed by atoms with van der Waals surface area (Å²) in [5, 5.41) is 6.36. The predicted molar refractivity (Wildman–Crippen MR) is 140 cm³/mol. The van der Waals surface area contributed by atoms with E-state index < -0.39 is 54.7 Å². The van der Waals surface area contributed by atoms with Crippen molar-refractivity contribution in [1.82, 2.24) is 10.5 Å². The van der Waals surface area contributed by atoms with E-state index in [1.54, 1.807) is 42.5 Å². The largest absolute Gasteiger partial charge is 0.490 e. The molecular formula is C28H26F3N5O5. The third kappa shape index (κ3) is 5.65. The van der Waals surface area contributed by atoms with Crippen molar-refractivity contribution < 1.29 is 36.8 Å². The van der Waals surface area contributed by atoms with E-state index in [0.29, 0.717) is 33.8 Å². The first-order chi connectivity index (χ1) is 19.5. The number of carbonyl (C=O) groups excluding carboxylic acids is 3. The Balaban J connectivity index is 1.57. The van der Waals surface area contributed by atoms with E-state index in [4.69, 9.17) is 15.0 Å². The third-order valence-electron chi connectivity index (χ3n) is 7.05. The average Bonchev–Trinajstić information content (AvgIpc) is 3.32. The standard InChI is InChI=1S/C28H26F3N5O5/c1-15-14-41-35-21(15)20(17(24(32)37)10-11-28(29,30)31)26(38)34-25-27(39)36-12-13-40-19-9-5-8-18(23(19)36)22(33-25)16-6-3-2-4-7-16/h2-9,14,17,20,25H,10-13H2,1H3,(H2,32,37)(H,34,38)/t17-,20-,25-/m1/s1. The van der Waals surface area contributed by atoms with Crippen LogP contribution in [0, 0.1) is 12.8 Å². The Morgan fingerprint density at radius 2 is 1.93 bits per heavy atom. The van der Waals surface area contributed by atoms with Gasteiger partial charge in [-0.05, 0) is 19.4 Å². The molecule has 10 nitrogen and oxygen atoms in total. The molecule has 3 amide bonds. The maximum atomic E-state index is 13.8. The van der Waals surface area contributed by atoms with Crippen LogP contribution in [-0.2, 0) is 14.4 Å². The highest BCUT2D eigenvalue weighted by Gasteiger charge is 2.43. The van der Waals surface area contributed by atoms with Gasteiger partial charge in [-0.3, -0.25) is 14.4 Å². The van der Waals surface area contributed by atoms with Crippen LogP contribution in [0.5, 0.6) is 5.75 Å². The molecule has 0 spiro atoms. The minimum Gasteiger partial charge on any atom is -0.490 e. The van der Waals surface area contributed by atoms with Crippen molar-refractivity contribution in [3.05, 3.63) is 77.2 Å². The van der Waals surface area contributed by atoms with E-state index in [1.807, 2.05) is 6.07 Å². The molecule has 0 radical (unpaired) electrons. The Morgan fingerprint density at radius 1 is 1.17 bits per heavy atom. The molecule has 3 N–H and O–H groups in total. The van der Waals surface area contributed by atoms with Gasteiger partial charge in [0.2, 0.25) is 18.0 Å². The third-order valence-corrected chi connectivity index (χ3v) is 7.05. The van der Waals surface area contributed by atoms with Gasteiger partial charge >= 0.3 is 6.18 Å². The summed E-state index contributed by atoms with van der Waals surface area (Å²) in [4.78, 5) is 46.2. The number of para-hydroxylation sites is 1. The molecule has 41 heavy (non-hydrogen) atoms. The molecule has 13 heteroatoms. The van der Waals surface area contributed by atoms with Gasteiger partial charge in [-0.2, -0.15) is 13.2 Å². The zero-order valence-corrected chi connectivity index (χ0v) is 21.9. The smallest absolute Gasteiger partial charge is 0.389 e. The van der Waals surface area contributed by atoms with Crippen molar-refractivity contribution in [2.24, 2.45) is 16.6 Å². The van der Waals surface area contributed by atoms with Crippen LogP contribution in [-0.4, -0.2) is 54.1 Å². The Kier molecular flexibility index (Phi) is 7.52. The van der Waals surface area contributed by atoms with Gasteiger partial charge in [-0.25, -0.2) is 4.99 Å². The molecule has 3 heterocycles. The summed E-state index contributed by atoms with van der Waals surface area (Å²) in [6, 6.07) is 14.3. The fourth-order valence-electron chi connectivity index (χ4n) is 5.12. The molecule has 0 saturated carbocycles. The normalized spacial score (nSPS) is 18.0. The maximum Gasteiger partial charge on any atom is 0.389 e. The number of aromatic nitrogens is 1. The lowest BCUT2D eigenvalue weighted by Crippen LogP contribution is -2.51. The van der Waals surface area contributed by atoms with E-state index in [0.717, 1.165) is 0 Å². The molecule has 2 aliphatic heterocycles. The van der Waals surface area contributed by atoms with Crippen LogP contribution in [0.25, 0.3) is 0 Å². The number of alkyl halides is 3. The van der Waals surface area contributed by atoms with Gasteiger partial charge in [0.15, 0.2) is 0 Å². The average molecular weight is 570 g/mol. The topological polar surface area (TPSA) is 140 Å². The second-order valence-electron chi connectivity index (χ2n) is 9.77. The molecule has 0 fully saturated rings. The summed E-state index contributed by atoms with van der Waals surface area (Å²) in [5.41, 5.74) is 7.92. The Morgan fingerprint density at radius 3 is 2.59 bits per heavy atom. The molecular weight excluding hydrogens is 543 g/mol. The summed E-state index contributed by atoms with van der Waals surface area (Å²) < 4.78 is 50.1. The number of carbonyl (C=O) groups is 3. The zero-order valence-electron chi connectivity index (χ0n) is 21.9. The summed E-state index contributed by atoms with van der Waals surface area (Å²) in [6.45, 7) is 1.90. The van der Waals surface area contributed by atoms with E-state index in [-0.39, 0.29) is 18.8 Å². The van der Waals surface area contributed by atoms with Gasteiger partial charge in [0, 0.05) is 23.1 Å². The minimum absolute atomic E-state index is 0.0567. The lowest BCUT2D eigenvalue weighted by atomic mass is 9.83. The minimum atomic E-state index is -4.60. The first kappa shape index (κ1) is 27.9. The lowest BCUT2D eigenvalue weighted by molar-refractivity contribution is -0.143. The molecule has 0 unspecified atom stereocenters. The summed E-state index contributed by atoms with van der Waals surface area (Å²) >= 11 is 0. The predicted octanol–water partition coefficient (Wildman–Crippen LogP) is 3.23. The Labute approximate surface area is 232 Å². The second-order valence-corrected chi connectivity index (χ2v) is 9.77. The number of nitrogens with zero attached hydrogens (tertiary/aromatic N) is 3. The number of hydrogen-bond donors (Lipinski definition) is 2. The van der Waals surface area contributed by atoms with E-state index in [9.17, 15) is 27.6 Å². The number of ether oxygens (including phenoxy) is 1. The molecule has 1 aromatic heterocycles. The lowest BCUT2D eigenvalue weighted by Gasteiger charge is -2.31. The van der Waals surface area contributed by atoms with Crippen molar-refractivity contribution in [3.63, 3.8) is 0 Å². The van der Waals surface area contributed by atoms with Crippen LogP contribution in [0.1, 0.15) is 41.1 Å². The van der Waals surface area contributed by atoms with Crippen molar-refractivity contribution in [3.8, 4) is 5.75 Å². The van der Waals surface area contributed by atoms with Crippen LogP contribution < -0.4 is 20.7 Å². The van der Waals surface area contributed by atoms with Gasteiger partial charge < -0.3 is 25.2 Å². The fraction of sp³-hybridized carbons (Fsp3) is 0.321. The second kappa shape index (κ2) is 11.1. The van der Waals surface area contributed by atoms with E-state index in [2.05, 4.69) is 15.5 Å². The van der Waals surface area contributed by atoms with Gasteiger partial charge in [0.05, 0.1) is 35.5 Å². The first-order valence-corrected chi connectivity index (χ1v) is 12.8. The number of nitrogens with two attached hydrogens (primary N) is 1. The van der Waals surface area contributed by atoms with Crippen LogP contribution in [0.15, 0.2) is 64.3 Å². The Bertz CT molecular complexity index is 1500. The zero-order chi connectivity index (χ0) is 29.3. The molecule has 214 valence electrons. The van der Waals surface area contributed by atoms with E-state index in [1.165, 1.54) is 18.1 Å². The number of halogens is 3. The SMILES string of the molecule is Cc1conc1[C@H](C(=O)N[C@H]1N=C(c2ccccc2)c2cccc3c2N(CCO3)C1=O)[C@@H](CCC(F)(F)F)C(N)=O. The molecule has 0 bridgehead atoms. The molecule has 2 aromatic carbocycles. The van der Waals surface area contributed by atoms with Crippen LogP contribution >= 0.6 is 0 Å². The van der Waals surface area contributed by atoms with Crippen LogP contribution in [0.2, 0.25) is 0 Å². The number of hydrogen-bond acceptors (Lipinski definition) is 7. The van der Waals surface area contributed by atoms with Crippen molar-refractivity contribution in [1.29, 1.82) is 0 Å². The van der Waals surface area contributed by atoms with Gasteiger partial charge in [0.1, 0.15) is 18.6 Å². The number of primary amides is 1. The number of nitrogens with one attached hydrogen (secondary N) is 1. The van der Waals surface area contributed by atoms with Crippen molar-refractivity contribution >= 4 is 29.1 Å². The van der Waals surface area contributed by atoms with Crippen molar-refractivity contribution in [2.45, 2.75) is 38.0 Å². The molecule has 2 aliphatic rings. The molecule has 0 saturated heterocycles. The van der Waals surface area contributed by atoms with Crippen LogP contribution in [0.4, 0.5) is 18.9 Å². The number of anilines is 1. The monoisotopic (exact) mass is 569 g/mol. The first-order valence-electron chi connectivity index (χ1n) is 12.8. The summed E-state index contributed by atoms with van der Waals surface area (Å²) in [7, 11) is 0. The van der Waals surface area contributed by atoms with Crippen molar-refractivity contribution in [2.75, 3.05) is 18.1 Å². The summed E-state index contributed by atoms with van der Waals surface area (Å²) in [6.07, 6.45) is -7.00. The molecule has 3 atom stereocenters. The number of benzene rings is 2. The molecule has 3 aromatic rings. The number of rotatable bonds is 8. The highest BCUT2D eigenvalue weighted by molar-refractivity contribution is 6.21. The summed E-state index contributed by atoms with van der Waals surface area (Å²) in [5.74, 6) is -5.34. The number of aryl methyl sites for hydroxylation is 1. The fourth-order valence-corrected chi connectivity index (χ4v) is 5.12. The maximum absolute atomic E-state index is 13.8. The highest BCUT2D eigenvalue weighted by atomic mass is 19.4. The quantitative estimate of drug-likeness (QED) is 0.427. The van der Waals surface area contributed by atoms with Crippen LogP contribution in [0.3, 0.4) is 0 Å². The number of amides is 3. The van der Waals surface area contributed by atoms with E-state index >= 15 is 0 Å².